The van der Waals surface area contributed by atoms with E-state index in [4.69, 9.17) is 9.15 Å². The molecule has 1 amide bonds. The number of furan rings is 1. The van der Waals surface area contributed by atoms with Crippen LogP contribution in [-0.2, 0) is 6.61 Å². The van der Waals surface area contributed by atoms with Crippen LogP contribution in [-0.4, -0.2) is 17.5 Å². The van der Waals surface area contributed by atoms with Gasteiger partial charge in [-0.25, -0.2) is 4.98 Å². The minimum Gasteiger partial charge on any atom is -0.484 e. The smallest absolute Gasteiger partial charge is 0.387 e. The molecule has 32 heavy (non-hydrogen) atoms. The molecule has 0 aliphatic carbocycles. The molecule has 164 valence electrons. The lowest BCUT2D eigenvalue weighted by molar-refractivity contribution is -0.0498. The van der Waals surface area contributed by atoms with E-state index < -0.39 is 12.5 Å². The molecule has 0 bridgehead atoms. The number of thiazole rings is 1. The lowest BCUT2D eigenvalue weighted by Crippen LogP contribution is -2.10. The average molecular weight is 521 g/mol. The lowest BCUT2D eigenvalue weighted by Gasteiger charge is -2.05. The van der Waals surface area contributed by atoms with Crippen molar-refractivity contribution in [1.29, 1.82) is 0 Å². The van der Waals surface area contributed by atoms with Crippen LogP contribution < -0.4 is 14.8 Å². The van der Waals surface area contributed by atoms with E-state index in [1.165, 1.54) is 23.5 Å². The maximum atomic E-state index is 12.5. The topological polar surface area (TPSA) is 73.6 Å². The fourth-order valence-corrected chi connectivity index (χ4v) is 3.83. The fourth-order valence-electron chi connectivity index (χ4n) is 2.72. The first-order valence-electron chi connectivity index (χ1n) is 9.26. The lowest BCUT2D eigenvalue weighted by atomic mass is 10.2. The van der Waals surface area contributed by atoms with Crippen LogP contribution in [0.15, 0.2) is 74.9 Å². The zero-order valence-corrected chi connectivity index (χ0v) is 18.7. The van der Waals surface area contributed by atoms with E-state index in [2.05, 4.69) is 31.0 Å². The monoisotopic (exact) mass is 520 g/mol. The molecule has 2 heterocycles. The van der Waals surface area contributed by atoms with Crippen LogP contribution in [0.5, 0.6) is 11.5 Å². The van der Waals surface area contributed by atoms with Crippen LogP contribution in [0.25, 0.3) is 11.3 Å². The van der Waals surface area contributed by atoms with E-state index in [9.17, 15) is 13.6 Å². The van der Waals surface area contributed by atoms with Crippen molar-refractivity contribution in [3.63, 3.8) is 0 Å². The van der Waals surface area contributed by atoms with Crippen LogP contribution in [0.3, 0.4) is 0 Å². The second kappa shape index (κ2) is 9.92. The number of ether oxygens (including phenoxy) is 2. The number of amides is 1. The van der Waals surface area contributed by atoms with Crippen LogP contribution in [0.1, 0.15) is 16.3 Å². The van der Waals surface area contributed by atoms with Crippen LogP contribution in [0.4, 0.5) is 13.9 Å². The standard InChI is InChI=1S/C22H15BrF2N2O4S/c23-16-3-1-2-4-18(16)29-11-15-9-10-19(30-15)20(28)27-22-26-17(12-32-22)13-5-7-14(8-6-13)31-21(24)25/h1-10,12,21H,11H2,(H,26,27,28). The van der Waals surface area contributed by atoms with Crippen molar-refractivity contribution < 1.29 is 27.5 Å². The molecule has 0 spiro atoms. The van der Waals surface area contributed by atoms with Crippen LogP contribution in [0, 0.1) is 0 Å². The third-order valence-electron chi connectivity index (χ3n) is 4.19. The van der Waals surface area contributed by atoms with Gasteiger partial charge in [0, 0.05) is 10.9 Å². The number of hydrogen-bond acceptors (Lipinski definition) is 6. The molecule has 4 aromatic rings. The molecule has 10 heteroatoms. The van der Waals surface area contributed by atoms with Gasteiger partial charge in [-0.3, -0.25) is 10.1 Å². The maximum absolute atomic E-state index is 12.5. The minimum atomic E-state index is -2.88. The third kappa shape index (κ3) is 5.51. The highest BCUT2D eigenvalue weighted by Crippen LogP contribution is 2.28. The highest BCUT2D eigenvalue weighted by atomic mass is 79.9. The molecule has 1 N–H and O–H groups in total. The van der Waals surface area contributed by atoms with Gasteiger partial charge in [-0.1, -0.05) is 12.1 Å². The number of rotatable bonds is 8. The number of para-hydroxylation sites is 1. The second-order valence-corrected chi connectivity index (χ2v) is 8.09. The van der Waals surface area contributed by atoms with Gasteiger partial charge in [0.1, 0.15) is 23.9 Å². The van der Waals surface area contributed by atoms with E-state index in [1.54, 1.807) is 29.6 Å². The quantitative estimate of drug-likeness (QED) is 0.283. The molecule has 0 saturated heterocycles. The molecule has 0 aliphatic rings. The number of anilines is 1. The summed E-state index contributed by atoms with van der Waals surface area (Å²) in [5.74, 6) is 0.903. The Hall–Kier alpha value is -3.24. The molecular formula is C22H15BrF2N2O4S. The van der Waals surface area contributed by atoms with Crippen LogP contribution in [0.2, 0.25) is 0 Å². The summed E-state index contributed by atoms with van der Waals surface area (Å²) in [6.45, 7) is -2.71. The van der Waals surface area contributed by atoms with Gasteiger partial charge >= 0.3 is 6.61 Å². The predicted octanol–water partition coefficient (Wildman–Crippen LogP) is 6.60. The SMILES string of the molecule is O=C(Nc1nc(-c2ccc(OC(F)F)cc2)cs1)c1ccc(COc2ccccc2Br)o1. The minimum absolute atomic E-state index is 0.0599. The van der Waals surface area contributed by atoms with Crippen molar-refractivity contribution in [2.75, 3.05) is 5.32 Å². The molecule has 4 rings (SSSR count). The van der Waals surface area contributed by atoms with Crippen LogP contribution >= 0.6 is 27.3 Å². The average Bonchev–Trinajstić information content (AvgIpc) is 3.43. The fraction of sp³-hybridized carbons (Fsp3) is 0.0909. The van der Waals surface area contributed by atoms with Crippen molar-refractivity contribution in [2.45, 2.75) is 13.2 Å². The first-order valence-corrected chi connectivity index (χ1v) is 10.9. The largest absolute Gasteiger partial charge is 0.484 e. The number of alkyl halides is 2. The second-order valence-electron chi connectivity index (χ2n) is 6.38. The van der Waals surface area contributed by atoms with Gasteiger partial charge in [0.15, 0.2) is 10.9 Å². The first-order chi connectivity index (χ1) is 15.5. The van der Waals surface area contributed by atoms with E-state index in [-0.39, 0.29) is 18.1 Å². The molecule has 0 aliphatic heterocycles. The zero-order valence-electron chi connectivity index (χ0n) is 16.3. The maximum Gasteiger partial charge on any atom is 0.387 e. The summed E-state index contributed by atoms with van der Waals surface area (Å²) in [6, 6.07) is 16.7. The molecule has 0 unspecified atom stereocenters. The summed E-state index contributed by atoms with van der Waals surface area (Å²) < 4.78 is 40.9. The molecule has 0 fully saturated rings. The number of carbonyl (C=O) groups excluding carboxylic acids is 1. The molecule has 0 atom stereocenters. The van der Waals surface area contributed by atoms with Crippen molar-refractivity contribution in [1.82, 2.24) is 4.98 Å². The Morgan fingerprint density at radius 2 is 1.91 bits per heavy atom. The van der Waals surface area contributed by atoms with Crippen molar-refractivity contribution >= 4 is 38.3 Å². The zero-order chi connectivity index (χ0) is 22.5. The van der Waals surface area contributed by atoms with Crippen molar-refractivity contribution in [2.24, 2.45) is 0 Å². The Bertz CT molecular complexity index is 1210. The van der Waals surface area contributed by atoms with Gasteiger partial charge in [0.05, 0.1) is 10.2 Å². The van der Waals surface area contributed by atoms with Gasteiger partial charge in [-0.15, -0.1) is 11.3 Å². The van der Waals surface area contributed by atoms with E-state index in [0.717, 1.165) is 4.47 Å². The number of benzene rings is 2. The molecule has 2 aromatic carbocycles. The van der Waals surface area contributed by atoms with Gasteiger partial charge in [0.2, 0.25) is 0 Å². The van der Waals surface area contributed by atoms with Gasteiger partial charge in [-0.05, 0) is 64.5 Å². The highest BCUT2D eigenvalue weighted by Gasteiger charge is 2.15. The normalized spacial score (nSPS) is 10.9. The van der Waals surface area contributed by atoms with Gasteiger partial charge in [-0.2, -0.15) is 8.78 Å². The Morgan fingerprint density at radius 1 is 1.12 bits per heavy atom. The third-order valence-corrected chi connectivity index (χ3v) is 5.60. The molecule has 0 radical (unpaired) electrons. The summed E-state index contributed by atoms with van der Waals surface area (Å²) in [5.41, 5.74) is 1.30. The first kappa shape index (κ1) is 22.0. The van der Waals surface area contributed by atoms with E-state index >= 15 is 0 Å². The van der Waals surface area contributed by atoms with Gasteiger partial charge < -0.3 is 13.9 Å². The molecule has 0 saturated carbocycles. The number of aromatic nitrogens is 1. The Balaban J connectivity index is 1.35. The Kier molecular flexibility index (Phi) is 6.81. The van der Waals surface area contributed by atoms with E-state index in [0.29, 0.717) is 27.9 Å². The molecule has 2 aromatic heterocycles. The summed E-state index contributed by atoms with van der Waals surface area (Å²) in [5, 5.41) is 4.81. The summed E-state index contributed by atoms with van der Waals surface area (Å²) >= 11 is 4.64. The van der Waals surface area contributed by atoms with Gasteiger partial charge in [0.25, 0.3) is 5.91 Å². The number of carbonyl (C=O) groups is 1. The van der Waals surface area contributed by atoms with Crippen molar-refractivity contribution in [3.8, 4) is 22.8 Å². The number of halogens is 3. The highest BCUT2D eigenvalue weighted by molar-refractivity contribution is 9.10. The van der Waals surface area contributed by atoms with E-state index in [1.807, 2.05) is 24.3 Å². The molecular weight excluding hydrogens is 506 g/mol. The Morgan fingerprint density at radius 3 is 2.66 bits per heavy atom. The number of hydrogen-bond donors (Lipinski definition) is 1. The van der Waals surface area contributed by atoms with Crippen molar-refractivity contribution in [3.05, 3.63) is 82.0 Å². The number of nitrogens with one attached hydrogen (secondary N) is 1. The summed E-state index contributed by atoms with van der Waals surface area (Å²) in [7, 11) is 0. The predicted molar refractivity (Wildman–Crippen MR) is 119 cm³/mol. The summed E-state index contributed by atoms with van der Waals surface area (Å²) in [6.07, 6.45) is 0. The molecule has 6 nitrogen and oxygen atoms in total. The Labute approximate surface area is 193 Å². The summed E-state index contributed by atoms with van der Waals surface area (Å²) in [4.78, 5) is 16.8. The number of nitrogens with zero attached hydrogens (tertiary/aromatic N) is 1.